The number of thiazole rings is 1. The van der Waals surface area contributed by atoms with Crippen LogP contribution in [-0.2, 0) is 11.2 Å². The predicted molar refractivity (Wildman–Crippen MR) is 114 cm³/mol. The van der Waals surface area contributed by atoms with Gasteiger partial charge in [-0.05, 0) is 30.7 Å². The average molecular weight is 404 g/mol. The normalized spacial score (nSPS) is 10.8. The van der Waals surface area contributed by atoms with Gasteiger partial charge in [0, 0.05) is 29.7 Å². The number of carbonyl (C=O) groups excluding carboxylic acids is 1. The Kier molecular flexibility index (Phi) is 6.07. The van der Waals surface area contributed by atoms with E-state index in [-0.39, 0.29) is 12.3 Å². The fourth-order valence-electron chi connectivity index (χ4n) is 2.90. The zero-order valence-electron chi connectivity index (χ0n) is 15.7. The zero-order valence-corrected chi connectivity index (χ0v) is 16.6. The SMILES string of the molecule is O=C(Cc1csc(-c2ccccn2)n1)NCCCOc1cccc2cccnc12. The molecule has 0 radical (unpaired) electrons. The minimum Gasteiger partial charge on any atom is -0.491 e. The number of nitrogens with one attached hydrogen (secondary N) is 1. The number of amides is 1. The molecular formula is C22H20N4O2S. The second-order valence-electron chi connectivity index (χ2n) is 6.42. The van der Waals surface area contributed by atoms with E-state index in [1.807, 2.05) is 53.9 Å². The zero-order chi connectivity index (χ0) is 19.9. The van der Waals surface area contributed by atoms with Crippen LogP contribution in [0.5, 0.6) is 5.75 Å². The predicted octanol–water partition coefficient (Wildman–Crippen LogP) is 3.88. The second kappa shape index (κ2) is 9.25. The molecule has 7 heteroatoms. The van der Waals surface area contributed by atoms with Crippen molar-refractivity contribution >= 4 is 28.1 Å². The summed E-state index contributed by atoms with van der Waals surface area (Å²) in [5.74, 6) is 0.716. The summed E-state index contributed by atoms with van der Waals surface area (Å²) in [5, 5.41) is 6.69. The summed E-state index contributed by atoms with van der Waals surface area (Å²) in [5.41, 5.74) is 2.43. The fourth-order valence-corrected chi connectivity index (χ4v) is 3.69. The molecule has 29 heavy (non-hydrogen) atoms. The second-order valence-corrected chi connectivity index (χ2v) is 7.28. The van der Waals surface area contributed by atoms with Crippen LogP contribution in [0.4, 0.5) is 0 Å². The smallest absolute Gasteiger partial charge is 0.226 e. The van der Waals surface area contributed by atoms with Crippen molar-refractivity contribution in [3.8, 4) is 16.5 Å². The monoisotopic (exact) mass is 404 g/mol. The molecule has 0 aliphatic rings. The average Bonchev–Trinajstić information content (AvgIpc) is 3.22. The van der Waals surface area contributed by atoms with Crippen LogP contribution in [0, 0.1) is 0 Å². The summed E-state index contributed by atoms with van der Waals surface area (Å²) in [6, 6.07) is 15.5. The van der Waals surface area contributed by atoms with Crippen molar-refractivity contribution < 1.29 is 9.53 Å². The highest BCUT2D eigenvalue weighted by molar-refractivity contribution is 7.13. The molecule has 3 heterocycles. The van der Waals surface area contributed by atoms with Crippen molar-refractivity contribution in [2.45, 2.75) is 12.8 Å². The molecule has 6 nitrogen and oxygen atoms in total. The van der Waals surface area contributed by atoms with Crippen LogP contribution in [-0.4, -0.2) is 34.0 Å². The topological polar surface area (TPSA) is 77.0 Å². The molecule has 0 bridgehead atoms. The summed E-state index contributed by atoms with van der Waals surface area (Å²) < 4.78 is 5.84. The molecule has 146 valence electrons. The van der Waals surface area contributed by atoms with Crippen molar-refractivity contribution in [1.29, 1.82) is 0 Å². The highest BCUT2D eigenvalue weighted by Gasteiger charge is 2.09. The van der Waals surface area contributed by atoms with E-state index in [4.69, 9.17) is 4.74 Å². The van der Waals surface area contributed by atoms with Gasteiger partial charge in [-0.3, -0.25) is 14.8 Å². The lowest BCUT2D eigenvalue weighted by Gasteiger charge is -2.09. The van der Waals surface area contributed by atoms with Crippen molar-refractivity contribution in [3.05, 3.63) is 72.0 Å². The van der Waals surface area contributed by atoms with E-state index < -0.39 is 0 Å². The number of para-hydroxylation sites is 1. The molecular weight excluding hydrogens is 384 g/mol. The Balaban J connectivity index is 1.21. The molecule has 4 aromatic rings. The lowest BCUT2D eigenvalue weighted by Crippen LogP contribution is -2.27. The first-order valence-corrected chi connectivity index (χ1v) is 10.3. The van der Waals surface area contributed by atoms with Gasteiger partial charge in [-0.1, -0.05) is 24.3 Å². The third kappa shape index (κ3) is 4.94. The Morgan fingerprint density at radius 2 is 1.93 bits per heavy atom. The van der Waals surface area contributed by atoms with Gasteiger partial charge < -0.3 is 10.1 Å². The molecule has 4 rings (SSSR count). The Bertz CT molecular complexity index is 1090. The van der Waals surface area contributed by atoms with Gasteiger partial charge in [-0.15, -0.1) is 11.3 Å². The maximum absolute atomic E-state index is 12.2. The van der Waals surface area contributed by atoms with Crippen LogP contribution in [0.1, 0.15) is 12.1 Å². The van der Waals surface area contributed by atoms with Crippen molar-refractivity contribution in [3.63, 3.8) is 0 Å². The summed E-state index contributed by atoms with van der Waals surface area (Å²) in [7, 11) is 0. The first-order chi connectivity index (χ1) is 14.3. The van der Waals surface area contributed by atoms with E-state index in [2.05, 4.69) is 20.3 Å². The summed E-state index contributed by atoms with van der Waals surface area (Å²) in [4.78, 5) is 25.3. The van der Waals surface area contributed by atoms with Gasteiger partial charge in [0.15, 0.2) is 0 Å². The molecule has 0 aliphatic heterocycles. The lowest BCUT2D eigenvalue weighted by molar-refractivity contribution is -0.120. The van der Waals surface area contributed by atoms with Crippen LogP contribution >= 0.6 is 11.3 Å². The van der Waals surface area contributed by atoms with Crippen molar-refractivity contribution in [2.24, 2.45) is 0 Å². The van der Waals surface area contributed by atoms with Crippen LogP contribution in [0.25, 0.3) is 21.6 Å². The number of fused-ring (bicyclic) bond motifs is 1. The third-order valence-electron chi connectivity index (χ3n) is 4.27. The van der Waals surface area contributed by atoms with Crippen LogP contribution in [0.2, 0.25) is 0 Å². The van der Waals surface area contributed by atoms with Crippen LogP contribution < -0.4 is 10.1 Å². The molecule has 0 spiro atoms. The van der Waals surface area contributed by atoms with Crippen molar-refractivity contribution in [2.75, 3.05) is 13.2 Å². The van der Waals surface area contributed by atoms with E-state index in [0.29, 0.717) is 19.6 Å². The van der Waals surface area contributed by atoms with Gasteiger partial charge >= 0.3 is 0 Å². The molecule has 0 aliphatic carbocycles. The quantitative estimate of drug-likeness (QED) is 0.451. The molecule has 0 atom stereocenters. The summed E-state index contributed by atoms with van der Waals surface area (Å²) in [6.07, 6.45) is 4.47. The van der Waals surface area contributed by atoms with Gasteiger partial charge in [-0.25, -0.2) is 4.98 Å². The number of hydrogen-bond donors (Lipinski definition) is 1. The van der Waals surface area contributed by atoms with E-state index in [9.17, 15) is 4.79 Å². The largest absolute Gasteiger partial charge is 0.491 e. The molecule has 3 aromatic heterocycles. The van der Waals surface area contributed by atoms with E-state index in [0.717, 1.165) is 33.0 Å². The Labute approximate surface area is 172 Å². The van der Waals surface area contributed by atoms with Crippen LogP contribution in [0.3, 0.4) is 0 Å². The number of hydrogen-bond acceptors (Lipinski definition) is 6. The van der Waals surface area contributed by atoms with E-state index in [1.54, 1.807) is 12.4 Å². The molecule has 0 unspecified atom stereocenters. The standard InChI is InChI=1S/C22H20N4O2S/c27-20(14-17-15-29-22(26-17)18-8-1-2-10-23-18)24-12-5-13-28-19-9-3-6-16-7-4-11-25-21(16)19/h1-4,6-11,15H,5,12-14H2,(H,24,27). The highest BCUT2D eigenvalue weighted by atomic mass is 32.1. The number of ether oxygens (including phenoxy) is 1. The highest BCUT2D eigenvalue weighted by Crippen LogP contribution is 2.23. The number of benzene rings is 1. The number of aromatic nitrogens is 3. The third-order valence-corrected chi connectivity index (χ3v) is 5.19. The molecule has 0 fully saturated rings. The maximum atomic E-state index is 12.2. The number of pyridine rings is 2. The first-order valence-electron chi connectivity index (χ1n) is 9.38. The number of carbonyl (C=O) groups is 1. The lowest BCUT2D eigenvalue weighted by atomic mass is 10.2. The Morgan fingerprint density at radius 3 is 2.83 bits per heavy atom. The molecule has 1 N–H and O–H groups in total. The van der Waals surface area contributed by atoms with Crippen molar-refractivity contribution in [1.82, 2.24) is 20.3 Å². The Morgan fingerprint density at radius 1 is 1.03 bits per heavy atom. The molecule has 0 saturated carbocycles. The molecule has 1 aromatic carbocycles. The minimum atomic E-state index is -0.0466. The van der Waals surface area contributed by atoms with Gasteiger partial charge in [0.1, 0.15) is 16.3 Å². The Hall–Kier alpha value is -3.32. The van der Waals surface area contributed by atoms with E-state index in [1.165, 1.54) is 11.3 Å². The van der Waals surface area contributed by atoms with Gasteiger partial charge in [-0.2, -0.15) is 0 Å². The summed E-state index contributed by atoms with van der Waals surface area (Å²) in [6.45, 7) is 1.06. The van der Waals surface area contributed by atoms with Gasteiger partial charge in [0.2, 0.25) is 5.91 Å². The minimum absolute atomic E-state index is 0.0466. The number of nitrogens with zero attached hydrogens (tertiary/aromatic N) is 3. The summed E-state index contributed by atoms with van der Waals surface area (Å²) >= 11 is 1.50. The van der Waals surface area contributed by atoms with E-state index >= 15 is 0 Å². The fraction of sp³-hybridized carbons (Fsp3) is 0.182. The van der Waals surface area contributed by atoms with Crippen LogP contribution in [0.15, 0.2) is 66.3 Å². The first kappa shape index (κ1) is 19.0. The van der Waals surface area contributed by atoms with Gasteiger partial charge in [0.25, 0.3) is 0 Å². The van der Waals surface area contributed by atoms with Gasteiger partial charge in [0.05, 0.1) is 24.4 Å². The molecule has 1 amide bonds. The number of rotatable bonds is 8. The molecule has 0 saturated heterocycles. The maximum Gasteiger partial charge on any atom is 0.226 e.